The van der Waals surface area contributed by atoms with Gasteiger partial charge in [-0.15, -0.1) is 0 Å². The predicted octanol–water partition coefficient (Wildman–Crippen LogP) is 4.26. The van der Waals surface area contributed by atoms with E-state index in [1.807, 2.05) is 13.8 Å². The second-order valence-corrected chi connectivity index (χ2v) is 5.86. The maximum atomic E-state index is 13.0. The van der Waals surface area contributed by atoms with Crippen molar-refractivity contribution in [2.24, 2.45) is 0 Å². The van der Waals surface area contributed by atoms with Crippen LogP contribution in [0.25, 0.3) is 11.3 Å². The lowest BCUT2D eigenvalue weighted by molar-refractivity contribution is 0.0435. The Morgan fingerprint density at radius 1 is 1.28 bits per heavy atom. The van der Waals surface area contributed by atoms with E-state index in [4.69, 9.17) is 13.7 Å². The Kier molecular flexibility index (Phi) is 4.65. The van der Waals surface area contributed by atoms with Gasteiger partial charge in [0, 0.05) is 11.5 Å². The first-order valence-corrected chi connectivity index (χ1v) is 7.79. The van der Waals surface area contributed by atoms with E-state index < -0.39 is 5.97 Å². The number of nitrogens with zero attached hydrogens (tertiary/aromatic N) is 2. The molecular weight excluding hydrogens is 327 g/mol. The lowest BCUT2D eigenvalue weighted by atomic mass is 10.1. The molecule has 3 rings (SSSR count). The van der Waals surface area contributed by atoms with Gasteiger partial charge in [0.25, 0.3) is 0 Å². The number of oxazole rings is 1. The molecule has 7 heteroatoms. The molecule has 130 valence electrons. The third-order valence-electron chi connectivity index (χ3n) is 3.63. The molecule has 0 saturated heterocycles. The van der Waals surface area contributed by atoms with Gasteiger partial charge in [0.2, 0.25) is 5.89 Å². The third-order valence-corrected chi connectivity index (χ3v) is 3.63. The molecule has 0 atom stereocenters. The van der Waals surface area contributed by atoms with Crippen LogP contribution in [0.4, 0.5) is 4.39 Å². The molecule has 25 heavy (non-hydrogen) atoms. The van der Waals surface area contributed by atoms with Crippen LogP contribution in [0.15, 0.2) is 39.4 Å². The number of rotatable bonds is 5. The van der Waals surface area contributed by atoms with Crippen LogP contribution >= 0.6 is 0 Å². The van der Waals surface area contributed by atoms with E-state index in [1.54, 1.807) is 19.1 Å². The molecule has 1 aromatic carbocycles. The van der Waals surface area contributed by atoms with Gasteiger partial charge in [-0.05, 0) is 31.2 Å². The molecule has 3 aromatic rings. The number of hydrogen-bond donors (Lipinski definition) is 0. The molecule has 0 N–H and O–H groups in total. The van der Waals surface area contributed by atoms with E-state index in [9.17, 15) is 9.18 Å². The summed E-state index contributed by atoms with van der Waals surface area (Å²) in [4.78, 5) is 16.4. The SMILES string of the molecule is Cc1noc(C(C)C)c1C(=O)OCc1ncc(-c2ccc(F)cc2)o1. The molecule has 0 aliphatic rings. The van der Waals surface area contributed by atoms with Crippen molar-refractivity contribution in [3.63, 3.8) is 0 Å². The fourth-order valence-corrected chi connectivity index (χ4v) is 2.35. The number of carbonyl (C=O) groups excluding carboxylic acids is 1. The molecule has 0 unspecified atom stereocenters. The molecule has 2 heterocycles. The van der Waals surface area contributed by atoms with Gasteiger partial charge >= 0.3 is 5.97 Å². The maximum absolute atomic E-state index is 13.0. The molecule has 0 bridgehead atoms. The summed E-state index contributed by atoms with van der Waals surface area (Å²) in [6.07, 6.45) is 1.50. The van der Waals surface area contributed by atoms with Gasteiger partial charge in [0.1, 0.15) is 11.4 Å². The smallest absolute Gasteiger partial charge is 0.344 e. The summed E-state index contributed by atoms with van der Waals surface area (Å²) in [5.41, 5.74) is 1.50. The summed E-state index contributed by atoms with van der Waals surface area (Å²) in [7, 11) is 0. The second-order valence-electron chi connectivity index (χ2n) is 5.86. The zero-order valence-corrected chi connectivity index (χ0v) is 14.1. The molecule has 0 spiro atoms. The first-order chi connectivity index (χ1) is 12.0. The number of ether oxygens (including phenoxy) is 1. The first kappa shape index (κ1) is 16.9. The Hall–Kier alpha value is -2.96. The van der Waals surface area contributed by atoms with Crippen molar-refractivity contribution >= 4 is 5.97 Å². The van der Waals surface area contributed by atoms with Crippen LogP contribution in [0.3, 0.4) is 0 Å². The van der Waals surface area contributed by atoms with Crippen LogP contribution in [0, 0.1) is 12.7 Å². The van der Waals surface area contributed by atoms with Gasteiger partial charge in [-0.3, -0.25) is 0 Å². The van der Waals surface area contributed by atoms with Crippen LogP contribution in [0.1, 0.15) is 47.5 Å². The molecule has 0 aliphatic heterocycles. The topological polar surface area (TPSA) is 78.4 Å². The van der Waals surface area contributed by atoms with Gasteiger partial charge < -0.3 is 13.7 Å². The molecule has 6 nitrogen and oxygen atoms in total. The first-order valence-electron chi connectivity index (χ1n) is 7.79. The lowest BCUT2D eigenvalue weighted by Crippen LogP contribution is -2.09. The molecule has 0 amide bonds. The molecule has 0 saturated carbocycles. The summed E-state index contributed by atoms with van der Waals surface area (Å²) in [6.45, 7) is 5.37. The number of carbonyl (C=O) groups is 1. The minimum absolute atomic E-state index is 0.00978. The normalized spacial score (nSPS) is 11.1. The largest absolute Gasteiger partial charge is 0.452 e. The number of halogens is 1. The molecule has 0 fully saturated rings. The van der Waals surface area contributed by atoms with Gasteiger partial charge in [0.05, 0.1) is 11.9 Å². The summed E-state index contributed by atoms with van der Waals surface area (Å²) >= 11 is 0. The van der Waals surface area contributed by atoms with Crippen molar-refractivity contribution in [2.45, 2.75) is 33.3 Å². The zero-order valence-electron chi connectivity index (χ0n) is 14.1. The maximum Gasteiger partial charge on any atom is 0.344 e. The predicted molar refractivity (Wildman–Crippen MR) is 86.3 cm³/mol. The summed E-state index contributed by atoms with van der Waals surface area (Å²) in [5, 5.41) is 3.82. The Morgan fingerprint density at radius 3 is 2.68 bits per heavy atom. The highest BCUT2D eigenvalue weighted by Crippen LogP contribution is 2.24. The van der Waals surface area contributed by atoms with Crippen molar-refractivity contribution in [3.05, 3.63) is 59.2 Å². The van der Waals surface area contributed by atoms with Gasteiger partial charge in [-0.1, -0.05) is 19.0 Å². The minimum atomic E-state index is -0.538. The quantitative estimate of drug-likeness (QED) is 0.644. The van der Waals surface area contributed by atoms with Crippen LogP contribution in [-0.4, -0.2) is 16.1 Å². The van der Waals surface area contributed by atoms with E-state index in [0.717, 1.165) is 0 Å². The Balaban J connectivity index is 1.69. The van der Waals surface area contributed by atoms with E-state index in [2.05, 4.69) is 10.1 Å². The molecular formula is C18H17FN2O4. The lowest BCUT2D eigenvalue weighted by Gasteiger charge is -2.05. The zero-order chi connectivity index (χ0) is 18.0. The number of esters is 1. The van der Waals surface area contributed by atoms with E-state index in [1.165, 1.54) is 18.3 Å². The van der Waals surface area contributed by atoms with Crippen LogP contribution in [0.5, 0.6) is 0 Å². The number of aryl methyl sites for hydroxylation is 1. The Morgan fingerprint density at radius 2 is 2.00 bits per heavy atom. The standard InChI is InChI=1S/C18H17FN2O4/c1-10(2)17-16(11(3)21-25-17)18(22)23-9-15-20-8-14(24-15)12-4-6-13(19)7-5-12/h4-8,10H,9H2,1-3H3. The highest BCUT2D eigenvalue weighted by atomic mass is 19.1. The minimum Gasteiger partial charge on any atom is -0.452 e. The second kappa shape index (κ2) is 6.88. The highest BCUT2D eigenvalue weighted by molar-refractivity contribution is 5.91. The van der Waals surface area contributed by atoms with Crippen LogP contribution in [0.2, 0.25) is 0 Å². The van der Waals surface area contributed by atoms with Crippen molar-refractivity contribution in [3.8, 4) is 11.3 Å². The fraction of sp³-hybridized carbons (Fsp3) is 0.278. The van der Waals surface area contributed by atoms with E-state index >= 15 is 0 Å². The summed E-state index contributed by atoms with van der Waals surface area (Å²) < 4.78 is 28.9. The monoisotopic (exact) mass is 344 g/mol. The van der Waals surface area contributed by atoms with Gasteiger partial charge in [-0.25, -0.2) is 14.2 Å². The van der Waals surface area contributed by atoms with Gasteiger partial charge in [0.15, 0.2) is 18.1 Å². The van der Waals surface area contributed by atoms with Crippen molar-refractivity contribution in [2.75, 3.05) is 0 Å². The number of hydrogen-bond acceptors (Lipinski definition) is 6. The van der Waals surface area contributed by atoms with Crippen LogP contribution in [-0.2, 0) is 11.3 Å². The third kappa shape index (κ3) is 3.60. The number of aromatic nitrogens is 2. The summed E-state index contributed by atoms with van der Waals surface area (Å²) in [5.74, 6) is 0.340. The van der Waals surface area contributed by atoms with Crippen LogP contribution < -0.4 is 0 Å². The van der Waals surface area contributed by atoms with E-state index in [0.29, 0.717) is 28.3 Å². The Bertz CT molecular complexity index is 881. The molecule has 0 radical (unpaired) electrons. The van der Waals surface area contributed by atoms with E-state index in [-0.39, 0.29) is 24.2 Å². The average Bonchev–Trinajstić information content (AvgIpc) is 3.20. The van der Waals surface area contributed by atoms with Crippen molar-refractivity contribution in [1.29, 1.82) is 0 Å². The Labute approximate surface area is 143 Å². The van der Waals surface area contributed by atoms with Gasteiger partial charge in [-0.2, -0.15) is 0 Å². The van der Waals surface area contributed by atoms with Crippen molar-refractivity contribution < 1.29 is 22.9 Å². The fourth-order valence-electron chi connectivity index (χ4n) is 2.35. The van der Waals surface area contributed by atoms with Crippen molar-refractivity contribution in [1.82, 2.24) is 10.1 Å². The average molecular weight is 344 g/mol. The number of benzene rings is 1. The molecule has 2 aromatic heterocycles. The highest BCUT2D eigenvalue weighted by Gasteiger charge is 2.24. The molecule has 0 aliphatic carbocycles. The summed E-state index contributed by atoms with van der Waals surface area (Å²) in [6, 6.07) is 5.83.